The first-order chi connectivity index (χ1) is 10.6. The lowest BCUT2D eigenvalue weighted by molar-refractivity contribution is -0.123. The molecule has 0 aromatic heterocycles. The molecule has 0 fully saturated rings. The van der Waals surface area contributed by atoms with Gasteiger partial charge in [-0.05, 0) is 55.1 Å². The van der Waals surface area contributed by atoms with Gasteiger partial charge < -0.3 is 10.1 Å². The summed E-state index contributed by atoms with van der Waals surface area (Å²) in [6, 6.07) is 13.5. The van der Waals surface area contributed by atoms with Crippen molar-refractivity contribution in [2.75, 3.05) is 12.9 Å². The maximum Gasteiger partial charge on any atom is 0.258 e. The Kier molecular flexibility index (Phi) is 5.83. The maximum absolute atomic E-state index is 12.8. The van der Waals surface area contributed by atoms with Gasteiger partial charge >= 0.3 is 0 Å². The van der Waals surface area contributed by atoms with Crippen molar-refractivity contribution in [1.29, 1.82) is 0 Å². The van der Waals surface area contributed by atoms with Gasteiger partial charge in [-0.3, -0.25) is 4.79 Å². The predicted molar refractivity (Wildman–Crippen MR) is 86.7 cm³/mol. The first-order valence-corrected chi connectivity index (χ1v) is 8.12. The molecule has 0 bridgehead atoms. The van der Waals surface area contributed by atoms with E-state index in [-0.39, 0.29) is 24.4 Å². The first-order valence-electron chi connectivity index (χ1n) is 6.90. The van der Waals surface area contributed by atoms with E-state index in [0.717, 1.165) is 5.56 Å². The number of ether oxygens (including phenoxy) is 1. The molecule has 0 saturated heterocycles. The minimum absolute atomic E-state index is 0.0970. The van der Waals surface area contributed by atoms with Crippen molar-refractivity contribution in [2.45, 2.75) is 17.9 Å². The normalized spacial score (nSPS) is 11.8. The second kappa shape index (κ2) is 7.84. The fraction of sp³-hybridized carbons (Fsp3) is 0.235. The molecule has 1 N–H and O–H groups in total. The number of carbonyl (C=O) groups is 1. The van der Waals surface area contributed by atoms with Crippen LogP contribution in [0.4, 0.5) is 4.39 Å². The lowest BCUT2D eigenvalue weighted by atomic mass is 10.1. The third kappa shape index (κ3) is 4.77. The van der Waals surface area contributed by atoms with Crippen LogP contribution in [0.15, 0.2) is 53.4 Å². The zero-order valence-electron chi connectivity index (χ0n) is 12.5. The number of hydrogen-bond donors (Lipinski definition) is 1. The quantitative estimate of drug-likeness (QED) is 0.823. The number of amides is 1. The van der Waals surface area contributed by atoms with Gasteiger partial charge in [0.1, 0.15) is 11.6 Å². The highest BCUT2D eigenvalue weighted by Gasteiger charge is 2.10. The molecular weight excluding hydrogens is 301 g/mol. The largest absolute Gasteiger partial charge is 0.484 e. The lowest BCUT2D eigenvalue weighted by Gasteiger charge is -2.15. The smallest absolute Gasteiger partial charge is 0.258 e. The Bertz CT molecular complexity index is 614. The molecule has 1 amide bonds. The Balaban J connectivity index is 1.83. The lowest BCUT2D eigenvalue weighted by Crippen LogP contribution is -2.31. The molecule has 0 radical (unpaired) electrons. The van der Waals surface area contributed by atoms with Gasteiger partial charge in [-0.2, -0.15) is 0 Å². The molecule has 0 spiro atoms. The zero-order valence-corrected chi connectivity index (χ0v) is 13.3. The molecule has 2 rings (SSSR count). The van der Waals surface area contributed by atoms with Crippen molar-refractivity contribution < 1.29 is 13.9 Å². The number of hydrogen-bond acceptors (Lipinski definition) is 3. The number of nitrogens with one attached hydrogen (secondary N) is 1. The summed E-state index contributed by atoms with van der Waals surface area (Å²) in [6.45, 7) is 1.82. The summed E-state index contributed by atoms with van der Waals surface area (Å²) >= 11 is 1.68. The minimum Gasteiger partial charge on any atom is -0.484 e. The second-order valence-electron chi connectivity index (χ2n) is 4.80. The summed E-state index contributed by atoms with van der Waals surface area (Å²) in [5.41, 5.74) is 1.04. The van der Waals surface area contributed by atoms with Crippen molar-refractivity contribution in [2.24, 2.45) is 0 Å². The molecule has 116 valence electrons. The maximum atomic E-state index is 12.8. The summed E-state index contributed by atoms with van der Waals surface area (Å²) in [7, 11) is 0. The molecular formula is C17H18FNO2S. The molecule has 3 nitrogen and oxygen atoms in total. The van der Waals surface area contributed by atoms with Crippen LogP contribution in [0.2, 0.25) is 0 Å². The van der Waals surface area contributed by atoms with Crippen molar-refractivity contribution >= 4 is 17.7 Å². The highest BCUT2D eigenvalue weighted by molar-refractivity contribution is 7.98. The van der Waals surface area contributed by atoms with Gasteiger partial charge in [0, 0.05) is 4.90 Å². The van der Waals surface area contributed by atoms with E-state index in [9.17, 15) is 9.18 Å². The third-order valence-electron chi connectivity index (χ3n) is 3.18. The molecule has 1 atom stereocenters. The predicted octanol–water partition coefficient (Wildman–Crippen LogP) is 3.80. The molecule has 0 saturated carbocycles. The number of benzene rings is 2. The Morgan fingerprint density at radius 1 is 1.18 bits per heavy atom. The SMILES string of the molecule is CSc1ccc([C@@H](C)NC(=O)COc2ccc(F)cc2)cc1. The summed E-state index contributed by atoms with van der Waals surface area (Å²) in [4.78, 5) is 13.1. The van der Waals surface area contributed by atoms with E-state index in [1.165, 1.54) is 29.2 Å². The number of halogens is 1. The summed E-state index contributed by atoms with van der Waals surface area (Å²) in [5, 5.41) is 2.87. The number of carbonyl (C=O) groups excluding carboxylic acids is 1. The van der Waals surface area contributed by atoms with E-state index in [0.29, 0.717) is 5.75 Å². The topological polar surface area (TPSA) is 38.3 Å². The second-order valence-corrected chi connectivity index (χ2v) is 5.68. The Morgan fingerprint density at radius 2 is 1.82 bits per heavy atom. The van der Waals surface area contributed by atoms with Gasteiger partial charge in [0.05, 0.1) is 6.04 Å². The van der Waals surface area contributed by atoms with Crippen LogP contribution in [0, 0.1) is 5.82 Å². The molecule has 0 aliphatic carbocycles. The van der Waals surface area contributed by atoms with Gasteiger partial charge in [-0.25, -0.2) is 4.39 Å². The van der Waals surface area contributed by atoms with Gasteiger partial charge in [0.2, 0.25) is 0 Å². The van der Waals surface area contributed by atoms with Crippen LogP contribution in [0.1, 0.15) is 18.5 Å². The van der Waals surface area contributed by atoms with E-state index in [4.69, 9.17) is 4.74 Å². The van der Waals surface area contributed by atoms with Crippen LogP contribution in [0.25, 0.3) is 0 Å². The van der Waals surface area contributed by atoms with E-state index in [1.807, 2.05) is 37.4 Å². The molecule has 0 heterocycles. The molecule has 22 heavy (non-hydrogen) atoms. The van der Waals surface area contributed by atoms with Crippen molar-refractivity contribution in [3.05, 3.63) is 59.9 Å². The average molecular weight is 319 g/mol. The van der Waals surface area contributed by atoms with Crippen LogP contribution in [-0.4, -0.2) is 18.8 Å². The number of rotatable bonds is 6. The van der Waals surface area contributed by atoms with Crippen LogP contribution in [-0.2, 0) is 4.79 Å². The molecule has 0 aliphatic rings. The Hall–Kier alpha value is -2.01. The summed E-state index contributed by atoms with van der Waals surface area (Å²) in [5.74, 6) is -0.0848. The zero-order chi connectivity index (χ0) is 15.9. The van der Waals surface area contributed by atoms with Crippen LogP contribution < -0.4 is 10.1 Å². The van der Waals surface area contributed by atoms with E-state index < -0.39 is 0 Å². The molecule has 0 unspecified atom stereocenters. The molecule has 5 heteroatoms. The van der Waals surface area contributed by atoms with E-state index in [2.05, 4.69) is 5.32 Å². The minimum atomic E-state index is -0.334. The standard InChI is InChI=1S/C17H18FNO2S/c1-12(13-3-9-16(22-2)10-4-13)19-17(20)11-21-15-7-5-14(18)6-8-15/h3-10,12H,11H2,1-2H3,(H,19,20)/t12-/m1/s1. The Morgan fingerprint density at radius 3 is 2.41 bits per heavy atom. The van der Waals surface area contributed by atoms with Crippen LogP contribution in [0.5, 0.6) is 5.75 Å². The highest BCUT2D eigenvalue weighted by atomic mass is 32.2. The number of thioether (sulfide) groups is 1. The molecule has 2 aromatic rings. The van der Waals surface area contributed by atoms with Gasteiger partial charge in [0.15, 0.2) is 6.61 Å². The van der Waals surface area contributed by atoms with Crippen molar-refractivity contribution in [3.63, 3.8) is 0 Å². The molecule has 0 aliphatic heterocycles. The first kappa shape index (κ1) is 16.4. The van der Waals surface area contributed by atoms with Gasteiger partial charge in [0.25, 0.3) is 5.91 Å². The summed E-state index contributed by atoms with van der Waals surface area (Å²) < 4.78 is 18.1. The van der Waals surface area contributed by atoms with Crippen LogP contribution >= 0.6 is 11.8 Å². The highest BCUT2D eigenvalue weighted by Crippen LogP contribution is 2.19. The fourth-order valence-electron chi connectivity index (χ4n) is 1.94. The van der Waals surface area contributed by atoms with Gasteiger partial charge in [-0.1, -0.05) is 12.1 Å². The van der Waals surface area contributed by atoms with E-state index >= 15 is 0 Å². The summed E-state index contributed by atoms with van der Waals surface area (Å²) in [6.07, 6.45) is 2.02. The monoisotopic (exact) mass is 319 g/mol. The van der Waals surface area contributed by atoms with Crippen LogP contribution in [0.3, 0.4) is 0 Å². The van der Waals surface area contributed by atoms with Gasteiger partial charge in [-0.15, -0.1) is 11.8 Å². The Labute approximate surface area is 133 Å². The third-order valence-corrected chi connectivity index (χ3v) is 3.92. The molecule has 2 aromatic carbocycles. The van der Waals surface area contributed by atoms with E-state index in [1.54, 1.807) is 11.8 Å². The average Bonchev–Trinajstić information content (AvgIpc) is 2.54. The van der Waals surface area contributed by atoms with Crippen molar-refractivity contribution in [1.82, 2.24) is 5.32 Å². The fourth-order valence-corrected chi connectivity index (χ4v) is 2.35. The van der Waals surface area contributed by atoms with Crippen molar-refractivity contribution in [3.8, 4) is 5.75 Å².